The molecule has 2 atom stereocenters. The number of likely N-dealkylation sites (tertiary alicyclic amines) is 1. The van der Waals surface area contributed by atoms with Gasteiger partial charge in [0, 0.05) is 25.7 Å². The molecule has 12 nitrogen and oxygen atoms in total. The summed E-state index contributed by atoms with van der Waals surface area (Å²) in [6.07, 6.45) is 6.07. The molecule has 12 heteroatoms. The zero-order valence-electron chi connectivity index (χ0n) is 20.2. The van der Waals surface area contributed by atoms with E-state index in [1.807, 2.05) is 4.68 Å². The lowest BCUT2D eigenvalue weighted by Crippen LogP contribution is -2.54. The van der Waals surface area contributed by atoms with E-state index in [1.165, 1.54) is 12.3 Å². The van der Waals surface area contributed by atoms with E-state index in [4.69, 9.17) is 10.5 Å². The SMILES string of the molecule is NC(=O)c1cnn(C2CCN(CCCCOc3ccc4c(c3)C(=O)N(C3CCC(=O)NC3=O)C4=O)C2)c1. The number of carbonyl (C=O) groups is 5. The van der Waals surface area contributed by atoms with Gasteiger partial charge >= 0.3 is 0 Å². The lowest BCUT2D eigenvalue weighted by atomic mass is 10.0. The van der Waals surface area contributed by atoms with Crippen LogP contribution in [0.15, 0.2) is 30.6 Å². The maximum absolute atomic E-state index is 12.9. The summed E-state index contributed by atoms with van der Waals surface area (Å²) < 4.78 is 7.64. The van der Waals surface area contributed by atoms with Crippen molar-refractivity contribution in [2.24, 2.45) is 5.73 Å². The van der Waals surface area contributed by atoms with Crippen molar-refractivity contribution in [1.82, 2.24) is 24.9 Å². The zero-order chi connectivity index (χ0) is 26.1. The summed E-state index contributed by atoms with van der Waals surface area (Å²) in [5, 5.41) is 6.45. The number of hydrogen-bond acceptors (Lipinski definition) is 8. The highest BCUT2D eigenvalue weighted by molar-refractivity contribution is 6.23. The Morgan fingerprint density at radius 2 is 1.92 bits per heavy atom. The molecule has 1 aromatic heterocycles. The Morgan fingerprint density at radius 3 is 2.68 bits per heavy atom. The second-order valence-corrected chi connectivity index (χ2v) is 9.53. The van der Waals surface area contributed by atoms with Crippen LogP contribution in [0.3, 0.4) is 0 Å². The second kappa shape index (κ2) is 10.1. The van der Waals surface area contributed by atoms with Gasteiger partial charge in [0.25, 0.3) is 17.7 Å². The van der Waals surface area contributed by atoms with Gasteiger partial charge in [0.15, 0.2) is 0 Å². The molecule has 3 N–H and O–H groups in total. The summed E-state index contributed by atoms with van der Waals surface area (Å²) in [6, 6.07) is 3.96. The molecule has 2 unspecified atom stereocenters. The van der Waals surface area contributed by atoms with Crippen molar-refractivity contribution >= 4 is 29.5 Å². The smallest absolute Gasteiger partial charge is 0.262 e. The van der Waals surface area contributed by atoms with Gasteiger partial charge in [-0.15, -0.1) is 0 Å². The van der Waals surface area contributed by atoms with Crippen LogP contribution in [0.25, 0.3) is 0 Å². The number of amides is 5. The van der Waals surface area contributed by atoms with E-state index < -0.39 is 35.6 Å². The van der Waals surface area contributed by atoms with Gasteiger partial charge in [-0.2, -0.15) is 5.10 Å². The first-order valence-electron chi connectivity index (χ1n) is 12.4. The molecule has 0 radical (unpaired) electrons. The van der Waals surface area contributed by atoms with E-state index in [1.54, 1.807) is 18.3 Å². The van der Waals surface area contributed by atoms with Gasteiger partial charge in [0.1, 0.15) is 11.8 Å². The molecule has 0 spiro atoms. The number of imide groups is 2. The number of nitrogens with two attached hydrogens (primary N) is 1. The molecular formula is C25H28N6O6. The number of unbranched alkanes of at least 4 members (excludes halogenated alkanes) is 1. The first kappa shape index (κ1) is 24.6. The van der Waals surface area contributed by atoms with Gasteiger partial charge in [-0.25, -0.2) is 0 Å². The maximum Gasteiger partial charge on any atom is 0.262 e. The lowest BCUT2D eigenvalue weighted by molar-refractivity contribution is -0.136. The standard InChI is InChI=1S/C25H28N6O6/c26-22(33)15-12-27-30(13-15)16-7-9-29(14-16)8-1-2-10-37-17-3-4-18-19(11-17)25(36)31(24(18)35)20-5-6-21(32)28-23(20)34/h3-4,11-13,16,20H,1-2,5-10,14H2,(H2,26,33)(H,28,32,34). The quantitative estimate of drug-likeness (QED) is 0.366. The highest BCUT2D eigenvalue weighted by atomic mass is 16.5. The average molecular weight is 509 g/mol. The molecule has 2 fully saturated rings. The number of hydrogen-bond donors (Lipinski definition) is 2. The fraction of sp³-hybridized carbons (Fsp3) is 0.440. The number of rotatable bonds is 9. The lowest BCUT2D eigenvalue weighted by Gasteiger charge is -2.27. The Hall–Kier alpha value is -4.06. The third-order valence-electron chi connectivity index (χ3n) is 7.06. The van der Waals surface area contributed by atoms with Crippen LogP contribution in [-0.2, 0) is 9.59 Å². The molecular weight excluding hydrogens is 480 g/mol. The van der Waals surface area contributed by atoms with Crippen LogP contribution in [-0.4, -0.2) is 81.4 Å². The Morgan fingerprint density at radius 1 is 1.11 bits per heavy atom. The van der Waals surface area contributed by atoms with Crippen molar-refractivity contribution in [3.8, 4) is 5.75 Å². The molecule has 5 amide bonds. The summed E-state index contributed by atoms with van der Waals surface area (Å²) in [5.41, 5.74) is 6.15. The highest BCUT2D eigenvalue weighted by Gasteiger charge is 2.44. The Balaban J connectivity index is 1.08. The number of ether oxygens (including phenoxy) is 1. The summed E-state index contributed by atoms with van der Waals surface area (Å²) >= 11 is 0. The summed E-state index contributed by atoms with van der Waals surface area (Å²) in [7, 11) is 0. The molecule has 3 aliphatic rings. The Kier molecular flexibility index (Phi) is 6.74. The van der Waals surface area contributed by atoms with Crippen LogP contribution in [0.1, 0.15) is 69.2 Å². The number of benzene rings is 1. The van der Waals surface area contributed by atoms with Crippen molar-refractivity contribution in [3.05, 3.63) is 47.3 Å². The predicted molar refractivity (Wildman–Crippen MR) is 129 cm³/mol. The monoisotopic (exact) mass is 508 g/mol. The first-order valence-corrected chi connectivity index (χ1v) is 12.4. The number of piperidine rings is 1. The van der Waals surface area contributed by atoms with Gasteiger partial charge in [0.05, 0.1) is 35.5 Å². The zero-order valence-corrected chi connectivity index (χ0v) is 20.2. The molecule has 3 aliphatic heterocycles. The van der Waals surface area contributed by atoms with E-state index in [-0.39, 0.29) is 30.0 Å². The molecule has 194 valence electrons. The van der Waals surface area contributed by atoms with Crippen LogP contribution in [0.4, 0.5) is 0 Å². The molecule has 37 heavy (non-hydrogen) atoms. The third kappa shape index (κ3) is 4.96. The molecule has 2 saturated heterocycles. The number of aromatic nitrogens is 2. The van der Waals surface area contributed by atoms with E-state index in [9.17, 15) is 24.0 Å². The minimum atomic E-state index is -0.988. The average Bonchev–Trinajstić information content (AvgIpc) is 3.59. The molecule has 1 aromatic carbocycles. The maximum atomic E-state index is 12.9. The van der Waals surface area contributed by atoms with Crippen LogP contribution in [0.5, 0.6) is 5.75 Å². The van der Waals surface area contributed by atoms with Gasteiger partial charge < -0.3 is 15.4 Å². The third-order valence-corrected chi connectivity index (χ3v) is 7.06. The van der Waals surface area contributed by atoms with Gasteiger partial charge in [-0.05, 0) is 50.4 Å². The van der Waals surface area contributed by atoms with E-state index in [0.717, 1.165) is 43.8 Å². The Labute approximate surface area is 212 Å². The number of nitrogens with zero attached hydrogens (tertiary/aromatic N) is 4. The van der Waals surface area contributed by atoms with Crippen LogP contribution in [0.2, 0.25) is 0 Å². The normalized spacial score (nSPS) is 21.9. The second-order valence-electron chi connectivity index (χ2n) is 9.53. The molecule has 5 rings (SSSR count). The highest BCUT2D eigenvalue weighted by Crippen LogP contribution is 2.30. The molecule has 2 aromatic rings. The first-order chi connectivity index (χ1) is 17.8. The topological polar surface area (TPSA) is 157 Å². The molecule has 0 bridgehead atoms. The summed E-state index contributed by atoms with van der Waals surface area (Å²) in [4.78, 5) is 63.9. The molecule has 0 saturated carbocycles. The number of primary amides is 1. The van der Waals surface area contributed by atoms with Crippen molar-refractivity contribution in [2.75, 3.05) is 26.2 Å². The van der Waals surface area contributed by atoms with Crippen molar-refractivity contribution in [3.63, 3.8) is 0 Å². The number of carbonyl (C=O) groups excluding carboxylic acids is 5. The van der Waals surface area contributed by atoms with Gasteiger partial charge in [-0.3, -0.25) is 38.9 Å². The minimum Gasteiger partial charge on any atom is -0.494 e. The number of fused-ring (bicyclic) bond motifs is 1. The van der Waals surface area contributed by atoms with Gasteiger partial charge in [0.2, 0.25) is 11.8 Å². The van der Waals surface area contributed by atoms with E-state index in [2.05, 4.69) is 15.3 Å². The van der Waals surface area contributed by atoms with Crippen molar-refractivity contribution < 1.29 is 28.7 Å². The van der Waals surface area contributed by atoms with Crippen LogP contribution >= 0.6 is 0 Å². The molecule has 0 aliphatic carbocycles. The minimum absolute atomic E-state index is 0.0791. The van der Waals surface area contributed by atoms with Crippen molar-refractivity contribution in [2.45, 2.75) is 44.2 Å². The van der Waals surface area contributed by atoms with Crippen LogP contribution in [0, 0.1) is 0 Å². The van der Waals surface area contributed by atoms with Crippen LogP contribution < -0.4 is 15.8 Å². The van der Waals surface area contributed by atoms with E-state index in [0.29, 0.717) is 17.9 Å². The fourth-order valence-corrected chi connectivity index (χ4v) is 5.06. The summed E-state index contributed by atoms with van der Waals surface area (Å²) in [6.45, 7) is 3.16. The largest absolute Gasteiger partial charge is 0.494 e. The predicted octanol–water partition coefficient (Wildman–Crippen LogP) is 0.489. The van der Waals surface area contributed by atoms with Gasteiger partial charge in [-0.1, -0.05) is 0 Å². The summed E-state index contributed by atoms with van der Waals surface area (Å²) in [5.74, 6) is -2.13. The number of nitrogens with one attached hydrogen (secondary N) is 1. The van der Waals surface area contributed by atoms with Crippen molar-refractivity contribution in [1.29, 1.82) is 0 Å². The van der Waals surface area contributed by atoms with E-state index >= 15 is 0 Å². The molecule has 4 heterocycles. The Bertz CT molecular complexity index is 1270. The fourth-order valence-electron chi connectivity index (χ4n) is 5.06.